The first kappa shape index (κ1) is 12.1. The lowest BCUT2D eigenvalue weighted by Crippen LogP contribution is -2.53. The van der Waals surface area contributed by atoms with Crippen molar-refractivity contribution in [2.75, 3.05) is 19.8 Å². The maximum atomic E-state index is 11.5. The molecular formula is C10H18N2O3. The van der Waals surface area contributed by atoms with Crippen molar-refractivity contribution < 1.29 is 14.3 Å². The van der Waals surface area contributed by atoms with E-state index >= 15 is 0 Å². The Morgan fingerprint density at radius 3 is 2.47 bits per heavy atom. The van der Waals surface area contributed by atoms with Gasteiger partial charge in [0.25, 0.3) is 11.8 Å². The van der Waals surface area contributed by atoms with Crippen LogP contribution >= 0.6 is 0 Å². The number of unbranched alkanes of at least 4 members (excludes halogenated alkanes) is 1. The van der Waals surface area contributed by atoms with E-state index in [2.05, 4.69) is 6.92 Å². The number of nitrogens with zero attached hydrogens (tertiary/aromatic N) is 1. The van der Waals surface area contributed by atoms with Crippen LogP contribution in [0.2, 0.25) is 0 Å². The van der Waals surface area contributed by atoms with Gasteiger partial charge in [-0.3, -0.25) is 14.5 Å². The predicted octanol–water partition coefficient (Wildman–Crippen LogP) is -0.111. The second-order valence-electron chi connectivity index (χ2n) is 3.68. The molecular weight excluding hydrogens is 196 g/mol. The third-order valence-corrected chi connectivity index (χ3v) is 2.52. The van der Waals surface area contributed by atoms with Gasteiger partial charge in [0.15, 0.2) is 0 Å². The fourth-order valence-electron chi connectivity index (χ4n) is 1.70. The van der Waals surface area contributed by atoms with E-state index in [1.807, 2.05) is 0 Å². The Hall–Kier alpha value is -0.940. The van der Waals surface area contributed by atoms with E-state index in [1.54, 1.807) is 0 Å². The van der Waals surface area contributed by atoms with Gasteiger partial charge in [-0.05, 0) is 6.42 Å². The predicted molar refractivity (Wildman–Crippen MR) is 55.0 cm³/mol. The number of imide groups is 1. The molecule has 5 heteroatoms. The third kappa shape index (κ3) is 3.00. The molecule has 0 bridgehead atoms. The summed E-state index contributed by atoms with van der Waals surface area (Å²) in [5.41, 5.74) is 5.58. The normalized spacial score (nSPS) is 19.5. The van der Waals surface area contributed by atoms with E-state index in [0.717, 1.165) is 19.3 Å². The zero-order valence-electron chi connectivity index (χ0n) is 9.07. The first-order valence-corrected chi connectivity index (χ1v) is 5.33. The van der Waals surface area contributed by atoms with Gasteiger partial charge in [-0.1, -0.05) is 19.8 Å². The van der Waals surface area contributed by atoms with Crippen LogP contribution in [0.4, 0.5) is 0 Å². The van der Waals surface area contributed by atoms with Gasteiger partial charge in [0.2, 0.25) is 0 Å². The van der Waals surface area contributed by atoms with E-state index in [-0.39, 0.29) is 31.1 Å². The lowest BCUT2D eigenvalue weighted by Gasteiger charge is -2.32. The minimum Gasteiger partial charge on any atom is -0.362 e. The second kappa shape index (κ2) is 5.82. The van der Waals surface area contributed by atoms with Crippen molar-refractivity contribution in [1.82, 2.24) is 4.90 Å². The number of nitrogens with two attached hydrogens (primary N) is 1. The lowest BCUT2D eigenvalue weighted by molar-refractivity contribution is -0.161. The van der Waals surface area contributed by atoms with Crippen LogP contribution in [0, 0.1) is 0 Å². The highest BCUT2D eigenvalue weighted by Gasteiger charge is 2.31. The summed E-state index contributed by atoms with van der Waals surface area (Å²) in [6.07, 6.45) is 2.79. The van der Waals surface area contributed by atoms with E-state index in [1.165, 1.54) is 4.90 Å². The summed E-state index contributed by atoms with van der Waals surface area (Å²) >= 11 is 0. The molecule has 0 saturated carbocycles. The van der Waals surface area contributed by atoms with E-state index in [0.29, 0.717) is 6.54 Å². The molecule has 5 nitrogen and oxygen atoms in total. The van der Waals surface area contributed by atoms with Gasteiger partial charge in [-0.15, -0.1) is 0 Å². The summed E-state index contributed by atoms with van der Waals surface area (Å²) < 4.78 is 4.84. The van der Waals surface area contributed by atoms with Crippen molar-refractivity contribution in [2.45, 2.75) is 32.2 Å². The van der Waals surface area contributed by atoms with Crippen molar-refractivity contribution in [3.63, 3.8) is 0 Å². The topological polar surface area (TPSA) is 72.6 Å². The van der Waals surface area contributed by atoms with Crippen LogP contribution in [0.5, 0.6) is 0 Å². The van der Waals surface area contributed by atoms with E-state index in [4.69, 9.17) is 10.5 Å². The van der Waals surface area contributed by atoms with Crippen LogP contribution < -0.4 is 5.73 Å². The quantitative estimate of drug-likeness (QED) is 0.648. The molecule has 1 aliphatic rings. The summed E-state index contributed by atoms with van der Waals surface area (Å²) in [5.74, 6) is -0.532. The van der Waals surface area contributed by atoms with Crippen LogP contribution in [0.15, 0.2) is 0 Å². The summed E-state index contributed by atoms with van der Waals surface area (Å²) in [6.45, 7) is 2.39. The van der Waals surface area contributed by atoms with Gasteiger partial charge in [0, 0.05) is 6.54 Å². The Balaban J connectivity index is 2.62. The highest BCUT2D eigenvalue weighted by molar-refractivity contribution is 5.98. The van der Waals surface area contributed by atoms with Crippen LogP contribution in [-0.4, -0.2) is 42.5 Å². The molecule has 15 heavy (non-hydrogen) atoms. The Morgan fingerprint density at radius 2 is 2.00 bits per heavy atom. The number of hydrogen-bond acceptors (Lipinski definition) is 4. The zero-order valence-corrected chi connectivity index (χ0v) is 9.07. The highest BCUT2D eigenvalue weighted by Crippen LogP contribution is 2.12. The molecule has 0 aromatic rings. The second-order valence-corrected chi connectivity index (χ2v) is 3.68. The largest absolute Gasteiger partial charge is 0.362 e. The van der Waals surface area contributed by atoms with Crippen LogP contribution in [0.1, 0.15) is 26.2 Å². The lowest BCUT2D eigenvalue weighted by atomic mass is 10.1. The third-order valence-electron chi connectivity index (χ3n) is 2.52. The monoisotopic (exact) mass is 214 g/mol. The SMILES string of the molecule is CCCCC(CN)N1C(=O)COCC1=O. The number of amides is 2. The van der Waals surface area contributed by atoms with Crippen LogP contribution in [-0.2, 0) is 14.3 Å². The van der Waals surface area contributed by atoms with E-state index < -0.39 is 0 Å². The molecule has 1 saturated heterocycles. The molecule has 0 aromatic heterocycles. The Labute approximate surface area is 89.6 Å². The minimum absolute atomic E-state index is 0.00559. The highest BCUT2D eigenvalue weighted by atomic mass is 16.5. The Morgan fingerprint density at radius 1 is 1.40 bits per heavy atom. The molecule has 1 atom stereocenters. The minimum atomic E-state index is -0.266. The summed E-state index contributed by atoms with van der Waals surface area (Å²) in [6, 6.07) is -0.158. The average Bonchev–Trinajstić information content (AvgIpc) is 2.22. The number of carbonyl (C=O) groups excluding carboxylic acids is 2. The van der Waals surface area contributed by atoms with Crippen LogP contribution in [0.3, 0.4) is 0 Å². The number of carbonyl (C=O) groups is 2. The van der Waals surface area contributed by atoms with Gasteiger partial charge in [-0.2, -0.15) is 0 Å². The first-order chi connectivity index (χ1) is 7.20. The molecule has 1 aliphatic heterocycles. The molecule has 0 radical (unpaired) electrons. The molecule has 0 aliphatic carbocycles. The van der Waals surface area contributed by atoms with Crippen molar-refractivity contribution in [3.8, 4) is 0 Å². The number of rotatable bonds is 5. The zero-order chi connectivity index (χ0) is 11.3. The fourth-order valence-corrected chi connectivity index (χ4v) is 1.70. The standard InChI is InChI=1S/C10H18N2O3/c1-2-3-4-8(5-11)12-9(13)6-15-7-10(12)14/h8H,2-7,11H2,1H3. The Kier molecular flexibility index (Phi) is 4.71. The van der Waals surface area contributed by atoms with Gasteiger partial charge in [0.05, 0.1) is 6.04 Å². The van der Waals surface area contributed by atoms with Gasteiger partial charge < -0.3 is 10.5 Å². The number of hydrogen-bond donors (Lipinski definition) is 1. The molecule has 86 valence electrons. The van der Waals surface area contributed by atoms with Crippen molar-refractivity contribution >= 4 is 11.8 Å². The van der Waals surface area contributed by atoms with Gasteiger partial charge >= 0.3 is 0 Å². The summed E-state index contributed by atoms with van der Waals surface area (Å²) in [5, 5.41) is 0. The van der Waals surface area contributed by atoms with Crippen molar-refractivity contribution in [3.05, 3.63) is 0 Å². The fraction of sp³-hybridized carbons (Fsp3) is 0.800. The smallest absolute Gasteiger partial charge is 0.255 e. The van der Waals surface area contributed by atoms with Crippen molar-refractivity contribution in [2.24, 2.45) is 5.73 Å². The molecule has 2 amide bonds. The summed E-state index contributed by atoms with van der Waals surface area (Å²) in [4.78, 5) is 24.3. The molecule has 0 spiro atoms. The van der Waals surface area contributed by atoms with Crippen molar-refractivity contribution in [1.29, 1.82) is 0 Å². The van der Waals surface area contributed by atoms with Gasteiger partial charge in [-0.25, -0.2) is 0 Å². The molecule has 2 N–H and O–H groups in total. The first-order valence-electron chi connectivity index (χ1n) is 5.33. The molecule has 1 heterocycles. The Bertz CT molecular complexity index is 227. The van der Waals surface area contributed by atoms with E-state index in [9.17, 15) is 9.59 Å². The molecule has 1 rings (SSSR count). The molecule has 0 aromatic carbocycles. The average molecular weight is 214 g/mol. The maximum absolute atomic E-state index is 11.5. The summed E-state index contributed by atoms with van der Waals surface area (Å²) in [7, 11) is 0. The van der Waals surface area contributed by atoms with Crippen LogP contribution in [0.25, 0.3) is 0 Å². The molecule has 1 fully saturated rings. The number of ether oxygens (including phenoxy) is 1. The maximum Gasteiger partial charge on any atom is 0.255 e. The number of morpholine rings is 1. The van der Waals surface area contributed by atoms with Gasteiger partial charge in [0.1, 0.15) is 13.2 Å². The molecule has 1 unspecified atom stereocenters.